The van der Waals surface area contributed by atoms with E-state index >= 15 is 0 Å². The third kappa shape index (κ3) is 5.02. The van der Waals surface area contributed by atoms with Gasteiger partial charge in [-0.1, -0.05) is 34.6 Å². The molecule has 25 heavy (non-hydrogen) atoms. The van der Waals surface area contributed by atoms with Crippen LogP contribution in [0.4, 0.5) is 0 Å². The van der Waals surface area contributed by atoms with E-state index in [4.69, 9.17) is 0 Å². The zero-order chi connectivity index (χ0) is 19.4. The molecular weight excluding hydrogens is 344 g/mol. The van der Waals surface area contributed by atoms with Gasteiger partial charge < -0.3 is 10.4 Å². The number of hydrogen-bond donors (Lipinski definition) is 2. The molecule has 8 heteroatoms. The number of aliphatic carboxylic acids is 1. The van der Waals surface area contributed by atoms with Gasteiger partial charge in [0, 0.05) is 18.7 Å². The number of benzene rings is 1. The van der Waals surface area contributed by atoms with Gasteiger partial charge in [-0.2, -0.15) is 4.31 Å². The number of carboxylic acids is 1. The Morgan fingerprint density at radius 2 is 1.60 bits per heavy atom. The third-order valence-corrected chi connectivity index (χ3v) is 5.91. The lowest BCUT2D eigenvalue weighted by Crippen LogP contribution is -2.49. The minimum absolute atomic E-state index is 0.0957. The quantitative estimate of drug-likeness (QED) is 0.763. The Bertz CT molecular complexity index is 716. The lowest BCUT2D eigenvalue weighted by Gasteiger charge is -2.27. The molecule has 1 aromatic rings. The first kappa shape index (κ1) is 21.1. The van der Waals surface area contributed by atoms with Crippen LogP contribution < -0.4 is 5.32 Å². The molecule has 7 nitrogen and oxygen atoms in total. The van der Waals surface area contributed by atoms with Crippen molar-refractivity contribution in [3.63, 3.8) is 0 Å². The van der Waals surface area contributed by atoms with Gasteiger partial charge in [-0.25, -0.2) is 13.2 Å². The van der Waals surface area contributed by atoms with Crippen molar-refractivity contribution in [2.24, 2.45) is 5.41 Å². The van der Waals surface area contributed by atoms with Crippen LogP contribution in [0.3, 0.4) is 0 Å². The van der Waals surface area contributed by atoms with Crippen molar-refractivity contribution in [1.29, 1.82) is 0 Å². The molecule has 0 radical (unpaired) electrons. The maximum absolute atomic E-state index is 12.4. The number of hydrogen-bond acceptors (Lipinski definition) is 4. The van der Waals surface area contributed by atoms with Crippen molar-refractivity contribution in [2.75, 3.05) is 13.1 Å². The van der Waals surface area contributed by atoms with Crippen molar-refractivity contribution < 1.29 is 23.1 Å². The lowest BCUT2D eigenvalue weighted by molar-refractivity contribution is -0.142. The normalized spacial score (nSPS) is 13.5. The average Bonchev–Trinajstić information content (AvgIpc) is 2.52. The van der Waals surface area contributed by atoms with Gasteiger partial charge in [0.1, 0.15) is 6.04 Å². The van der Waals surface area contributed by atoms with Crippen LogP contribution in [0, 0.1) is 5.41 Å². The van der Waals surface area contributed by atoms with Crippen LogP contribution >= 0.6 is 0 Å². The van der Waals surface area contributed by atoms with Gasteiger partial charge in [-0.3, -0.25) is 4.79 Å². The van der Waals surface area contributed by atoms with Gasteiger partial charge in [-0.05, 0) is 29.7 Å². The highest BCUT2D eigenvalue weighted by Gasteiger charge is 2.33. The van der Waals surface area contributed by atoms with Crippen LogP contribution in [-0.2, 0) is 14.8 Å². The molecule has 1 unspecified atom stereocenters. The van der Waals surface area contributed by atoms with Gasteiger partial charge in [-0.15, -0.1) is 0 Å². The highest BCUT2D eigenvalue weighted by atomic mass is 32.2. The molecule has 0 aliphatic heterocycles. The molecule has 0 saturated heterocycles. The summed E-state index contributed by atoms with van der Waals surface area (Å²) in [5.41, 5.74) is -0.456. The standard InChI is InChI=1S/C17H26N2O5S/c1-6-19(7-2)25(23,24)13-10-8-12(9-11-13)15(20)18-14(16(21)22)17(3,4)5/h8-11,14H,6-7H2,1-5H3,(H,18,20)(H,21,22). The molecule has 0 bridgehead atoms. The van der Waals surface area contributed by atoms with E-state index < -0.39 is 33.4 Å². The molecule has 0 saturated carbocycles. The fraction of sp³-hybridized carbons (Fsp3) is 0.529. The minimum atomic E-state index is -3.60. The van der Waals surface area contributed by atoms with Gasteiger partial charge in [0.2, 0.25) is 10.0 Å². The molecule has 1 aromatic carbocycles. The Kier molecular flexibility index (Phi) is 6.73. The second kappa shape index (κ2) is 7.97. The Balaban J connectivity index is 3.03. The van der Waals surface area contributed by atoms with Crippen molar-refractivity contribution in [1.82, 2.24) is 9.62 Å². The van der Waals surface area contributed by atoms with Crippen LogP contribution in [0.1, 0.15) is 45.0 Å². The largest absolute Gasteiger partial charge is 0.480 e. The summed E-state index contributed by atoms with van der Waals surface area (Å²) in [6.45, 7) is 9.35. The van der Waals surface area contributed by atoms with E-state index in [2.05, 4.69) is 5.32 Å². The predicted octanol–water partition coefficient (Wildman–Crippen LogP) is 1.95. The van der Waals surface area contributed by atoms with Crippen LogP contribution in [0.25, 0.3) is 0 Å². The summed E-state index contributed by atoms with van der Waals surface area (Å²) >= 11 is 0. The second-order valence-corrected chi connectivity index (χ2v) is 8.66. The molecule has 0 aromatic heterocycles. The molecule has 0 fully saturated rings. The Hall–Kier alpha value is -1.93. The molecule has 1 rings (SSSR count). The van der Waals surface area contributed by atoms with Crippen LogP contribution in [0.15, 0.2) is 29.2 Å². The van der Waals surface area contributed by atoms with E-state index in [0.717, 1.165) is 0 Å². The van der Waals surface area contributed by atoms with Crippen LogP contribution in [-0.4, -0.2) is 48.8 Å². The zero-order valence-electron chi connectivity index (χ0n) is 15.2. The fourth-order valence-electron chi connectivity index (χ4n) is 2.35. The summed E-state index contributed by atoms with van der Waals surface area (Å²) in [5.74, 6) is -1.68. The van der Waals surface area contributed by atoms with E-state index in [1.807, 2.05) is 0 Å². The molecule has 2 N–H and O–H groups in total. The number of rotatable bonds is 7. The van der Waals surface area contributed by atoms with Gasteiger partial charge in [0.15, 0.2) is 0 Å². The van der Waals surface area contributed by atoms with E-state index in [0.29, 0.717) is 13.1 Å². The van der Waals surface area contributed by atoms with E-state index in [1.54, 1.807) is 34.6 Å². The number of amides is 1. The predicted molar refractivity (Wildman–Crippen MR) is 94.9 cm³/mol. The smallest absolute Gasteiger partial charge is 0.326 e. The molecule has 0 aliphatic rings. The molecule has 140 valence electrons. The first-order valence-corrected chi connectivity index (χ1v) is 9.53. The highest BCUT2D eigenvalue weighted by Crippen LogP contribution is 2.21. The lowest BCUT2D eigenvalue weighted by atomic mass is 9.86. The SMILES string of the molecule is CCN(CC)S(=O)(=O)c1ccc(C(=O)NC(C(=O)O)C(C)(C)C)cc1. The number of nitrogens with zero attached hydrogens (tertiary/aromatic N) is 1. The van der Waals surface area contributed by atoms with E-state index in [-0.39, 0.29) is 10.5 Å². The summed E-state index contributed by atoms with van der Waals surface area (Å²) in [5, 5.41) is 11.7. The Morgan fingerprint density at radius 1 is 1.12 bits per heavy atom. The number of carboxylic acid groups (broad SMARTS) is 1. The molecule has 1 amide bonds. The first-order chi connectivity index (χ1) is 11.4. The monoisotopic (exact) mass is 370 g/mol. The highest BCUT2D eigenvalue weighted by molar-refractivity contribution is 7.89. The molecule has 0 heterocycles. The Morgan fingerprint density at radius 3 is 1.96 bits per heavy atom. The number of sulfonamides is 1. The van der Waals surface area contributed by atoms with Crippen molar-refractivity contribution in [2.45, 2.75) is 45.6 Å². The van der Waals surface area contributed by atoms with Crippen LogP contribution in [0.2, 0.25) is 0 Å². The molecular formula is C17H26N2O5S. The maximum Gasteiger partial charge on any atom is 0.326 e. The topological polar surface area (TPSA) is 104 Å². The second-order valence-electron chi connectivity index (χ2n) is 6.72. The van der Waals surface area contributed by atoms with Gasteiger partial charge >= 0.3 is 5.97 Å². The zero-order valence-corrected chi connectivity index (χ0v) is 16.1. The fourth-order valence-corrected chi connectivity index (χ4v) is 3.81. The van der Waals surface area contributed by atoms with Crippen molar-refractivity contribution >= 4 is 21.9 Å². The third-order valence-electron chi connectivity index (χ3n) is 3.85. The van der Waals surface area contributed by atoms with E-state index in [1.165, 1.54) is 28.6 Å². The summed E-state index contributed by atoms with van der Waals surface area (Å²) < 4.78 is 26.2. The molecule has 1 atom stereocenters. The summed E-state index contributed by atoms with van der Waals surface area (Å²) in [6, 6.07) is 4.42. The van der Waals surface area contributed by atoms with E-state index in [9.17, 15) is 23.1 Å². The van der Waals surface area contributed by atoms with Crippen LogP contribution in [0.5, 0.6) is 0 Å². The number of carbonyl (C=O) groups is 2. The summed E-state index contributed by atoms with van der Waals surface area (Å²) in [6.07, 6.45) is 0. The average molecular weight is 370 g/mol. The van der Waals surface area contributed by atoms with Gasteiger partial charge in [0.25, 0.3) is 5.91 Å². The number of carbonyl (C=O) groups excluding carboxylic acids is 1. The maximum atomic E-state index is 12.4. The number of nitrogens with one attached hydrogen (secondary N) is 1. The van der Waals surface area contributed by atoms with Gasteiger partial charge in [0.05, 0.1) is 4.90 Å². The molecule has 0 spiro atoms. The minimum Gasteiger partial charge on any atom is -0.480 e. The van der Waals surface area contributed by atoms with Crippen molar-refractivity contribution in [3.8, 4) is 0 Å². The summed E-state index contributed by atoms with van der Waals surface area (Å²) in [4.78, 5) is 23.7. The molecule has 0 aliphatic carbocycles. The first-order valence-electron chi connectivity index (χ1n) is 8.09. The van der Waals surface area contributed by atoms with Crippen molar-refractivity contribution in [3.05, 3.63) is 29.8 Å². The Labute approximate surface area is 149 Å². The summed E-state index contributed by atoms with van der Waals surface area (Å²) in [7, 11) is -3.60.